The quantitative estimate of drug-likeness (QED) is 0.616. The van der Waals surface area contributed by atoms with Gasteiger partial charge >= 0.3 is 0 Å². The Kier molecular flexibility index (Phi) is 5.54. The summed E-state index contributed by atoms with van der Waals surface area (Å²) in [7, 11) is -1.87. The van der Waals surface area contributed by atoms with Crippen molar-refractivity contribution in [3.8, 4) is 6.07 Å². The maximum absolute atomic E-state index is 13.1. The maximum Gasteiger partial charge on any atom is 0.263 e. The number of sulfonamides is 1. The Hall–Kier alpha value is -3.57. The average molecular weight is 462 g/mol. The van der Waals surface area contributed by atoms with E-state index in [4.69, 9.17) is 0 Å². The number of benzene rings is 1. The molecule has 8 heteroatoms. The van der Waals surface area contributed by atoms with E-state index in [1.807, 2.05) is 37.4 Å². The van der Waals surface area contributed by atoms with Crippen LogP contribution in [0, 0.1) is 11.3 Å². The standard InChI is InChI=1S/C25H27N5O2S/c1-17-6-12-22(29(5)16-17)21-14-23-18(15-26)7-13-24(30(23)27-21)28-33(31,32)20-10-8-19(9-11-20)25(2,3)4/h6-14,28H,16H2,1-5H3. The summed E-state index contributed by atoms with van der Waals surface area (Å²) < 4.78 is 30.3. The Labute approximate surface area is 194 Å². The molecule has 0 radical (unpaired) electrons. The lowest BCUT2D eigenvalue weighted by Crippen LogP contribution is -2.21. The highest BCUT2D eigenvalue weighted by molar-refractivity contribution is 7.92. The molecule has 0 saturated carbocycles. The van der Waals surface area contributed by atoms with E-state index < -0.39 is 10.0 Å². The number of nitrogens with zero attached hydrogens (tertiary/aromatic N) is 4. The summed E-state index contributed by atoms with van der Waals surface area (Å²) in [5.41, 5.74) is 4.73. The molecule has 3 heterocycles. The molecule has 1 N–H and O–H groups in total. The highest BCUT2D eigenvalue weighted by Crippen LogP contribution is 2.28. The molecule has 0 saturated heterocycles. The van der Waals surface area contributed by atoms with Crippen LogP contribution < -0.4 is 4.72 Å². The van der Waals surface area contributed by atoms with Gasteiger partial charge in [0.2, 0.25) is 0 Å². The zero-order valence-electron chi connectivity index (χ0n) is 19.4. The molecule has 0 unspecified atom stereocenters. The fourth-order valence-corrected chi connectivity index (χ4v) is 4.89. The zero-order chi connectivity index (χ0) is 24.0. The van der Waals surface area contributed by atoms with E-state index >= 15 is 0 Å². The Morgan fingerprint density at radius 3 is 2.39 bits per heavy atom. The second kappa shape index (κ2) is 8.09. The molecule has 3 aromatic rings. The van der Waals surface area contributed by atoms with Crippen LogP contribution in [-0.2, 0) is 15.4 Å². The van der Waals surface area contributed by atoms with E-state index in [-0.39, 0.29) is 16.1 Å². The van der Waals surface area contributed by atoms with E-state index in [0.29, 0.717) is 16.8 Å². The van der Waals surface area contributed by atoms with E-state index in [1.165, 1.54) is 10.1 Å². The van der Waals surface area contributed by atoms with Crippen molar-refractivity contribution in [1.82, 2.24) is 14.5 Å². The number of likely N-dealkylation sites (N-methyl/N-ethyl adjacent to an activating group) is 1. The molecule has 1 aromatic carbocycles. The number of anilines is 1. The van der Waals surface area contributed by atoms with Crippen LogP contribution in [0.4, 0.5) is 5.82 Å². The summed E-state index contributed by atoms with van der Waals surface area (Å²) in [6.07, 6.45) is 4.02. The van der Waals surface area contributed by atoms with Crippen LogP contribution in [0.2, 0.25) is 0 Å². The number of allylic oxidation sites excluding steroid dienone is 2. The average Bonchev–Trinajstić information content (AvgIpc) is 3.19. The fourth-order valence-electron chi connectivity index (χ4n) is 3.84. The van der Waals surface area contributed by atoms with Crippen LogP contribution in [0.5, 0.6) is 0 Å². The van der Waals surface area contributed by atoms with E-state index in [9.17, 15) is 13.7 Å². The molecule has 4 rings (SSSR count). The fraction of sp³-hybridized carbons (Fsp3) is 0.280. The normalized spacial score (nSPS) is 14.6. The minimum absolute atomic E-state index is 0.0742. The van der Waals surface area contributed by atoms with Crippen molar-refractivity contribution in [2.45, 2.75) is 38.0 Å². The van der Waals surface area contributed by atoms with Crippen molar-refractivity contribution < 1.29 is 8.42 Å². The van der Waals surface area contributed by atoms with E-state index in [2.05, 4.69) is 48.5 Å². The van der Waals surface area contributed by atoms with Gasteiger partial charge in [-0.05, 0) is 54.3 Å². The van der Waals surface area contributed by atoms with Crippen LogP contribution >= 0.6 is 0 Å². The van der Waals surface area contributed by atoms with E-state index in [0.717, 1.165) is 17.8 Å². The van der Waals surface area contributed by atoms with Gasteiger partial charge in [-0.2, -0.15) is 10.4 Å². The lowest BCUT2D eigenvalue weighted by atomic mass is 9.87. The molecule has 0 atom stereocenters. The molecular weight excluding hydrogens is 434 g/mol. The summed E-state index contributed by atoms with van der Waals surface area (Å²) in [6.45, 7) is 9.06. The van der Waals surface area contributed by atoms with Crippen LogP contribution in [0.1, 0.15) is 44.5 Å². The highest BCUT2D eigenvalue weighted by atomic mass is 32.2. The third kappa shape index (κ3) is 4.37. The van der Waals surface area contributed by atoms with Gasteiger partial charge in [0.05, 0.1) is 21.7 Å². The van der Waals surface area contributed by atoms with Crippen LogP contribution in [-0.4, -0.2) is 36.5 Å². The lowest BCUT2D eigenvalue weighted by Gasteiger charge is -2.24. The van der Waals surface area contributed by atoms with Gasteiger partial charge in [0.1, 0.15) is 17.6 Å². The molecule has 0 fully saturated rings. The monoisotopic (exact) mass is 461 g/mol. The highest BCUT2D eigenvalue weighted by Gasteiger charge is 2.21. The number of hydrogen-bond acceptors (Lipinski definition) is 5. The number of aromatic nitrogens is 2. The molecule has 0 spiro atoms. The first kappa shape index (κ1) is 22.6. The molecule has 33 heavy (non-hydrogen) atoms. The molecular formula is C25H27N5O2S. The number of nitrogens with one attached hydrogen (secondary N) is 1. The van der Waals surface area contributed by atoms with Gasteiger partial charge in [-0.25, -0.2) is 12.9 Å². The molecule has 7 nitrogen and oxygen atoms in total. The molecule has 0 aliphatic carbocycles. The summed E-state index contributed by atoms with van der Waals surface area (Å²) in [4.78, 5) is 2.24. The predicted octanol–water partition coefficient (Wildman–Crippen LogP) is 4.54. The second-order valence-electron chi connectivity index (χ2n) is 9.37. The zero-order valence-corrected chi connectivity index (χ0v) is 20.2. The maximum atomic E-state index is 13.1. The summed E-state index contributed by atoms with van der Waals surface area (Å²) in [5, 5.41) is 14.2. The number of fused-ring (bicyclic) bond motifs is 1. The Morgan fingerprint density at radius 1 is 1.09 bits per heavy atom. The van der Waals surface area contributed by atoms with Crippen LogP contribution in [0.15, 0.2) is 65.1 Å². The minimum Gasteiger partial charge on any atom is -0.369 e. The van der Waals surface area contributed by atoms with Gasteiger partial charge < -0.3 is 4.90 Å². The Morgan fingerprint density at radius 2 is 1.79 bits per heavy atom. The van der Waals surface area contributed by atoms with Crippen molar-refractivity contribution in [3.63, 3.8) is 0 Å². The van der Waals surface area contributed by atoms with Gasteiger partial charge in [-0.15, -0.1) is 0 Å². The minimum atomic E-state index is -3.85. The first-order chi connectivity index (χ1) is 15.5. The third-order valence-corrected chi connectivity index (χ3v) is 7.07. The van der Waals surface area contributed by atoms with Gasteiger partial charge in [0, 0.05) is 13.6 Å². The lowest BCUT2D eigenvalue weighted by molar-refractivity contribution is 0.513. The van der Waals surface area contributed by atoms with Crippen LogP contribution in [0.3, 0.4) is 0 Å². The first-order valence-electron chi connectivity index (χ1n) is 10.6. The molecule has 1 aliphatic heterocycles. The molecule has 0 amide bonds. The van der Waals surface area contributed by atoms with Gasteiger partial charge in [0.25, 0.3) is 10.0 Å². The number of pyridine rings is 1. The smallest absolute Gasteiger partial charge is 0.263 e. The molecule has 0 bridgehead atoms. The van der Waals surface area contributed by atoms with Gasteiger partial charge in [0.15, 0.2) is 0 Å². The Bertz CT molecular complexity index is 1430. The van der Waals surface area contributed by atoms with Gasteiger partial charge in [-0.1, -0.05) is 44.6 Å². The van der Waals surface area contributed by atoms with Crippen molar-refractivity contribution in [2.24, 2.45) is 0 Å². The number of hydrogen-bond donors (Lipinski definition) is 1. The van der Waals surface area contributed by atoms with E-state index in [1.54, 1.807) is 24.3 Å². The van der Waals surface area contributed by atoms with Crippen molar-refractivity contribution in [1.29, 1.82) is 5.26 Å². The second-order valence-corrected chi connectivity index (χ2v) is 11.1. The number of nitriles is 1. The van der Waals surface area contributed by atoms with Crippen molar-refractivity contribution >= 4 is 27.1 Å². The summed E-state index contributed by atoms with van der Waals surface area (Å²) in [5.74, 6) is 0.265. The number of rotatable bonds is 4. The topological polar surface area (TPSA) is 90.5 Å². The van der Waals surface area contributed by atoms with Gasteiger partial charge in [-0.3, -0.25) is 4.72 Å². The van der Waals surface area contributed by atoms with Crippen LogP contribution in [0.25, 0.3) is 11.2 Å². The SMILES string of the molecule is CC1=CC=C(c2cc3c(C#N)ccc(NS(=O)(=O)c4ccc(C(C)(C)C)cc4)n3n2)N(C)C1. The molecule has 1 aliphatic rings. The molecule has 2 aromatic heterocycles. The molecule has 170 valence electrons. The third-order valence-electron chi connectivity index (χ3n) is 5.70. The van der Waals surface area contributed by atoms with Crippen molar-refractivity contribution in [3.05, 3.63) is 77.0 Å². The largest absolute Gasteiger partial charge is 0.369 e. The first-order valence-corrected chi connectivity index (χ1v) is 12.1. The van der Waals surface area contributed by atoms with Crippen molar-refractivity contribution in [2.75, 3.05) is 18.3 Å². The summed E-state index contributed by atoms with van der Waals surface area (Å²) >= 11 is 0. The predicted molar refractivity (Wildman–Crippen MR) is 130 cm³/mol. The summed E-state index contributed by atoms with van der Waals surface area (Å²) in [6, 6.07) is 14.0. The Balaban J connectivity index is 1.75.